The van der Waals surface area contributed by atoms with Gasteiger partial charge in [0.25, 0.3) is 0 Å². The minimum atomic E-state index is -4.32. The molecule has 0 aromatic carbocycles. The number of epoxide rings is 2. The maximum atomic E-state index is 12.6. The van der Waals surface area contributed by atoms with Crippen molar-refractivity contribution in [3.8, 4) is 0 Å². The summed E-state index contributed by atoms with van der Waals surface area (Å²) in [5.74, 6) is -0.425. The van der Waals surface area contributed by atoms with Crippen molar-refractivity contribution in [2.45, 2.75) is 63.2 Å². The first-order valence-corrected chi connectivity index (χ1v) is 8.17. The zero-order chi connectivity index (χ0) is 17.9. The molecule has 0 aromatic heterocycles. The number of methoxy groups -OCH3 is 1. The molecule has 3 fully saturated rings. The molecule has 4 nitrogen and oxygen atoms in total. The van der Waals surface area contributed by atoms with E-state index in [9.17, 15) is 18.0 Å². The van der Waals surface area contributed by atoms with Gasteiger partial charge in [-0.2, -0.15) is 13.2 Å². The van der Waals surface area contributed by atoms with Crippen molar-refractivity contribution in [2.75, 3.05) is 13.7 Å². The van der Waals surface area contributed by atoms with E-state index in [4.69, 9.17) is 14.2 Å². The number of halogens is 3. The van der Waals surface area contributed by atoms with Gasteiger partial charge in [-0.25, -0.2) is 0 Å². The number of rotatable bonds is 4. The Morgan fingerprint density at radius 2 is 2.08 bits per heavy atom. The molecule has 2 saturated heterocycles. The largest absolute Gasteiger partial charge is 0.412 e. The predicted molar refractivity (Wildman–Crippen MR) is 79.5 cm³/mol. The summed E-state index contributed by atoms with van der Waals surface area (Å²) in [4.78, 5) is 12.5. The maximum Gasteiger partial charge on any atom is 0.412 e. The normalized spacial score (nSPS) is 45.6. The third kappa shape index (κ3) is 2.80. The molecule has 1 spiro atoms. The molecule has 1 saturated carbocycles. The van der Waals surface area contributed by atoms with Crippen molar-refractivity contribution in [3.05, 3.63) is 11.6 Å². The number of carbonyl (C=O) groups excluding carboxylic acids is 1. The van der Waals surface area contributed by atoms with Gasteiger partial charge in [0, 0.05) is 18.6 Å². The van der Waals surface area contributed by atoms with E-state index in [1.165, 1.54) is 7.11 Å². The van der Waals surface area contributed by atoms with Gasteiger partial charge in [0.05, 0.1) is 18.6 Å². The molecule has 3 aliphatic rings. The van der Waals surface area contributed by atoms with Crippen LogP contribution in [-0.4, -0.2) is 49.1 Å². The molecule has 0 amide bonds. The van der Waals surface area contributed by atoms with Crippen LogP contribution in [0.3, 0.4) is 0 Å². The Morgan fingerprint density at radius 1 is 1.46 bits per heavy atom. The zero-order valence-electron chi connectivity index (χ0n) is 14.3. The van der Waals surface area contributed by atoms with Crippen LogP contribution >= 0.6 is 0 Å². The molecule has 0 radical (unpaired) electrons. The van der Waals surface area contributed by atoms with E-state index < -0.39 is 29.1 Å². The van der Waals surface area contributed by atoms with Crippen molar-refractivity contribution in [1.82, 2.24) is 0 Å². The Bertz CT molecular complexity index is 567. The Kier molecular flexibility index (Phi) is 4.13. The van der Waals surface area contributed by atoms with Gasteiger partial charge in [0.1, 0.15) is 17.3 Å². The first kappa shape index (κ1) is 17.9. The molecule has 6 atom stereocenters. The Morgan fingerprint density at radius 3 is 2.58 bits per heavy atom. The number of Topliss-reactive ketones (excluding diaryl/α,β-unsaturated/α-hetero) is 1. The van der Waals surface area contributed by atoms with Crippen molar-refractivity contribution in [3.63, 3.8) is 0 Å². The van der Waals surface area contributed by atoms with Crippen LogP contribution in [0.4, 0.5) is 13.2 Å². The van der Waals surface area contributed by atoms with Crippen molar-refractivity contribution >= 4 is 5.78 Å². The zero-order valence-corrected chi connectivity index (χ0v) is 14.3. The maximum absolute atomic E-state index is 12.6. The average molecular weight is 348 g/mol. The van der Waals surface area contributed by atoms with E-state index in [2.05, 4.69) is 0 Å². The minimum Gasteiger partial charge on any atom is -0.373 e. The van der Waals surface area contributed by atoms with Crippen LogP contribution in [-0.2, 0) is 19.0 Å². The predicted octanol–water partition coefficient (Wildman–Crippen LogP) is 3.05. The molecule has 0 aromatic rings. The number of ketones is 1. The monoisotopic (exact) mass is 348 g/mol. The second kappa shape index (κ2) is 5.54. The van der Waals surface area contributed by atoms with Crippen LogP contribution in [0.2, 0.25) is 0 Å². The summed E-state index contributed by atoms with van der Waals surface area (Å²) in [6.45, 7) is 5.29. The molecule has 2 heterocycles. The highest BCUT2D eigenvalue weighted by atomic mass is 19.4. The van der Waals surface area contributed by atoms with E-state index in [0.29, 0.717) is 13.0 Å². The van der Waals surface area contributed by atoms with Gasteiger partial charge in [-0.1, -0.05) is 13.0 Å². The summed E-state index contributed by atoms with van der Waals surface area (Å²) < 4.78 is 54.8. The highest BCUT2D eigenvalue weighted by Gasteiger charge is 2.72. The first-order chi connectivity index (χ1) is 11.0. The minimum absolute atomic E-state index is 0.0149. The second-order valence-corrected chi connectivity index (χ2v) is 7.41. The van der Waals surface area contributed by atoms with Crippen LogP contribution in [0.15, 0.2) is 11.6 Å². The van der Waals surface area contributed by atoms with E-state index >= 15 is 0 Å². The fraction of sp³-hybridized carbons (Fsp3) is 0.824. The lowest BCUT2D eigenvalue weighted by atomic mass is 9.66. The van der Waals surface area contributed by atoms with Crippen LogP contribution in [0.25, 0.3) is 0 Å². The molecule has 2 aliphatic heterocycles. The molecule has 3 rings (SSSR count). The lowest BCUT2D eigenvalue weighted by Gasteiger charge is -2.40. The van der Waals surface area contributed by atoms with Crippen LogP contribution < -0.4 is 0 Å². The van der Waals surface area contributed by atoms with E-state index in [-0.39, 0.29) is 30.1 Å². The molecule has 1 aliphatic carbocycles. The summed E-state index contributed by atoms with van der Waals surface area (Å²) in [6, 6.07) is 0. The average Bonchev–Trinajstić information content (AvgIpc) is 3.38. The summed E-state index contributed by atoms with van der Waals surface area (Å²) in [5, 5.41) is 0. The summed E-state index contributed by atoms with van der Waals surface area (Å²) in [5.41, 5.74) is -1.77. The van der Waals surface area contributed by atoms with Gasteiger partial charge in [-0.15, -0.1) is 0 Å². The molecule has 7 heteroatoms. The Balaban J connectivity index is 1.77. The highest BCUT2D eigenvalue weighted by Crippen LogP contribution is 2.59. The van der Waals surface area contributed by atoms with Crippen molar-refractivity contribution in [1.29, 1.82) is 0 Å². The molecule has 6 unspecified atom stereocenters. The van der Waals surface area contributed by atoms with E-state index in [1.54, 1.807) is 0 Å². The second-order valence-electron chi connectivity index (χ2n) is 7.41. The van der Waals surface area contributed by atoms with Gasteiger partial charge in [0.2, 0.25) is 0 Å². The number of ether oxygens (including phenoxy) is 3. The van der Waals surface area contributed by atoms with Gasteiger partial charge in [0.15, 0.2) is 5.78 Å². The highest BCUT2D eigenvalue weighted by molar-refractivity contribution is 5.87. The fourth-order valence-electron chi connectivity index (χ4n) is 4.16. The summed E-state index contributed by atoms with van der Waals surface area (Å²) >= 11 is 0. The topological polar surface area (TPSA) is 51.4 Å². The lowest BCUT2D eigenvalue weighted by molar-refractivity contribution is -0.148. The third-order valence-electron chi connectivity index (χ3n) is 5.74. The van der Waals surface area contributed by atoms with E-state index in [0.717, 1.165) is 13.0 Å². The molecule has 0 bridgehead atoms. The molecule has 24 heavy (non-hydrogen) atoms. The first-order valence-electron chi connectivity index (χ1n) is 8.17. The molecule has 0 N–H and O–H groups in total. The van der Waals surface area contributed by atoms with Gasteiger partial charge in [-0.3, -0.25) is 4.79 Å². The standard InChI is InChI=1S/C17H23F3O4/c1-9-7-16(8-23-16)14(13(22-4)12(9)21)15(3)11(24-15)6-5-10(2)17(18,19)20/h5,9,11,13-14H,6-8H2,1-4H3. The molecular weight excluding hydrogens is 325 g/mol. The fourth-order valence-corrected chi connectivity index (χ4v) is 4.16. The van der Waals surface area contributed by atoms with Crippen molar-refractivity contribution < 1.29 is 32.2 Å². The number of carbonyl (C=O) groups is 1. The van der Waals surface area contributed by atoms with Crippen LogP contribution in [0.1, 0.15) is 33.6 Å². The van der Waals surface area contributed by atoms with Crippen LogP contribution in [0.5, 0.6) is 0 Å². The number of allylic oxidation sites excluding steroid dienone is 1. The number of alkyl halides is 3. The van der Waals surface area contributed by atoms with Crippen molar-refractivity contribution in [2.24, 2.45) is 11.8 Å². The lowest BCUT2D eigenvalue weighted by Crippen LogP contribution is -2.55. The van der Waals surface area contributed by atoms with Gasteiger partial charge < -0.3 is 14.2 Å². The SMILES string of the molecule is COC1C(=O)C(C)CC2(CO2)C1C1(C)OC1CC=C(C)C(F)(F)F. The van der Waals surface area contributed by atoms with Crippen LogP contribution in [0, 0.1) is 11.8 Å². The summed E-state index contributed by atoms with van der Waals surface area (Å²) in [7, 11) is 1.48. The molecule has 136 valence electrons. The smallest absolute Gasteiger partial charge is 0.373 e. The number of hydrogen-bond acceptors (Lipinski definition) is 4. The van der Waals surface area contributed by atoms with Gasteiger partial charge >= 0.3 is 6.18 Å². The van der Waals surface area contributed by atoms with Gasteiger partial charge in [-0.05, 0) is 26.7 Å². The van der Waals surface area contributed by atoms with E-state index in [1.807, 2.05) is 13.8 Å². The Labute approximate surface area is 139 Å². The molecular formula is C17H23F3O4. The third-order valence-corrected chi connectivity index (χ3v) is 5.74. The Hall–Kier alpha value is -0.920. The number of hydrogen-bond donors (Lipinski definition) is 0. The quantitative estimate of drug-likeness (QED) is 0.579. The summed E-state index contributed by atoms with van der Waals surface area (Å²) in [6.07, 6.45) is -3.39.